The van der Waals surface area contributed by atoms with E-state index in [0.29, 0.717) is 0 Å². The first kappa shape index (κ1) is 44.8. The number of carbonyl (C=O) groups is 2. The zero-order chi connectivity index (χ0) is 40.4. The van der Waals surface area contributed by atoms with E-state index in [2.05, 4.69) is 5.32 Å². The van der Waals surface area contributed by atoms with Crippen LogP contribution < -0.4 is 5.32 Å². The molecule has 4 aliphatic heterocycles. The summed E-state index contributed by atoms with van der Waals surface area (Å²) in [5, 5.41) is 157. The van der Waals surface area contributed by atoms with Gasteiger partial charge in [-0.3, -0.25) is 4.79 Å². The summed E-state index contributed by atoms with van der Waals surface area (Å²) in [5.74, 6) is -5.89. The summed E-state index contributed by atoms with van der Waals surface area (Å²) >= 11 is 0. The molecule has 1 unspecified atom stereocenters. The Hall–Kier alpha value is -1.90. The summed E-state index contributed by atoms with van der Waals surface area (Å²) in [4.78, 5) is 24.6. The SMILES string of the molecule is CC(=O)N[C@H]1[C@H]([C@H](O)[C@H](O)CO)O[C@@](O[C@H]2[C@@H](O)[C@@H](CO)O[C@@H](O[C@H]3[C@H](O)[C@@H](O)[C@H](OC[C@H]4OC(O)[C@H](O)[C@@H](O)[C@H]4O)O[C@@H]3CO)[C@@H]2O)(C(=O)O)C[C@@H]1O. The lowest BCUT2D eigenvalue weighted by Gasteiger charge is -2.50. The lowest BCUT2D eigenvalue weighted by Crippen LogP contribution is -2.70. The van der Waals surface area contributed by atoms with Crippen LogP contribution in [0.4, 0.5) is 0 Å². The first-order chi connectivity index (χ1) is 25.3. The Morgan fingerprint density at radius 1 is 0.759 bits per heavy atom. The summed E-state index contributed by atoms with van der Waals surface area (Å²) in [6.07, 6.45) is -37.7. The normalized spacial score (nSPS) is 47.1. The highest BCUT2D eigenvalue weighted by atomic mass is 16.8. The second kappa shape index (κ2) is 18.6. The molecule has 1 amide bonds. The number of amides is 1. The molecule has 0 spiro atoms. The van der Waals surface area contributed by atoms with Crippen LogP contribution in [0.15, 0.2) is 0 Å². The van der Waals surface area contributed by atoms with Crippen molar-refractivity contribution in [3.8, 4) is 0 Å². The van der Waals surface area contributed by atoms with E-state index < -0.39 is 173 Å². The second-order valence-electron chi connectivity index (χ2n) is 13.3. The van der Waals surface area contributed by atoms with Crippen LogP contribution in [-0.4, -0.2) is 243 Å². The van der Waals surface area contributed by atoms with Gasteiger partial charge in [0.25, 0.3) is 5.79 Å². The third-order valence-corrected chi connectivity index (χ3v) is 9.56. The number of nitrogens with one attached hydrogen (secondary N) is 1. The van der Waals surface area contributed by atoms with E-state index in [1.165, 1.54) is 0 Å². The lowest BCUT2D eigenvalue weighted by atomic mass is 9.88. The molecule has 25 heteroatoms. The Morgan fingerprint density at radius 2 is 1.39 bits per heavy atom. The molecule has 0 radical (unpaired) electrons. The van der Waals surface area contributed by atoms with Crippen LogP contribution in [0.5, 0.6) is 0 Å². The number of carboxylic acid groups (broad SMARTS) is 1. The molecule has 54 heavy (non-hydrogen) atoms. The molecule has 0 aromatic rings. The summed E-state index contributed by atoms with van der Waals surface area (Å²) < 4.78 is 38.0. The molecule has 21 atom stereocenters. The average Bonchev–Trinajstić information content (AvgIpc) is 3.13. The molecule has 4 fully saturated rings. The minimum absolute atomic E-state index is 0.704. The number of carbonyl (C=O) groups excluding carboxylic acids is 1. The molecular formula is C29H49NO24. The predicted molar refractivity (Wildman–Crippen MR) is 163 cm³/mol. The monoisotopic (exact) mass is 795 g/mol. The summed E-state index contributed by atoms with van der Waals surface area (Å²) in [7, 11) is 0. The highest BCUT2D eigenvalue weighted by molar-refractivity contribution is 5.76. The smallest absolute Gasteiger partial charge is 0.364 e. The molecule has 16 N–H and O–H groups in total. The Balaban J connectivity index is 1.53. The van der Waals surface area contributed by atoms with E-state index in [1.807, 2.05) is 0 Å². The fourth-order valence-electron chi connectivity index (χ4n) is 6.54. The van der Waals surface area contributed by atoms with E-state index in [1.54, 1.807) is 0 Å². The first-order valence-electron chi connectivity index (χ1n) is 16.7. The van der Waals surface area contributed by atoms with Gasteiger partial charge in [0.1, 0.15) is 91.6 Å². The summed E-state index contributed by atoms with van der Waals surface area (Å²) in [5.41, 5.74) is 0. The van der Waals surface area contributed by atoms with Crippen LogP contribution in [0, 0.1) is 0 Å². The summed E-state index contributed by atoms with van der Waals surface area (Å²) in [6.45, 7) is -2.77. The van der Waals surface area contributed by atoms with Gasteiger partial charge in [0.2, 0.25) is 5.91 Å². The van der Waals surface area contributed by atoms with Crippen molar-refractivity contribution in [1.82, 2.24) is 5.32 Å². The average molecular weight is 796 g/mol. The van der Waals surface area contributed by atoms with Crippen LogP contribution in [0.1, 0.15) is 13.3 Å². The molecular weight excluding hydrogens is 746 g/mol. The third kappa shape index (κ3) is 9.28. The van der Waals surface area contributed by atoms with Crippen molar-refractivity contribution in [2.75, 3.05) is 26.4 Å². The van der Waals surface area contributed by atoms with Crippen LogP contribution in [0.2, 0.25) is 0 Å². The van der Waals surface area contributed by atoms with Crippen LogP contribution in [0.25, 0.3) is 0 Å². The van der Waals surface area contributed by atoms with Crippen LogP contribution in [-0.2, 0) is 42.7 Å². The van der Waals surface area contributed by atoms with E-state index in [9.17, 15) is 86.2 Å². The van der Waals surface area contributed by atoms with Crippen molar-refractivity contribution in [2.24, 2.45) is 0 Å². The van der Waals surface area contributed by atoms with Gasteiger partial charge in [-0.25, -0.2) is 4.79 Å². The Bertz CT molecular complexity index is 1230. The maximum atomic E-state index is 12.7. The quantitative estimate of drug-likeness (QED) is 0.0776. The number of rotatable bonds is 14. The Kier molecular flexibility index (Phi) is 15.4. The fourth-order valence-corrected chi connectivity index (χ4v) is 6.54. The van der Waals surface area contributed by atoms with Crippen molar-refractivity contribution in [2.45, 2.75) is 142 Å². The van der Waals surface area contributed by atoms with Gasteiger partial charge in [0, 0.05) is 13.3 Å². The molecule has 0 saturated carbocycles. The maximum absolute atomic E-state index is 12.7. The number of aliphatic hydroxyl groups excluding tert-OH is 14. The molecule has 4 rings (SSSR count). The molecule has 0 aromatic heterocycles. The molecule has 0 aromatic carbocycles. The number of aliphatic carboxylic acids is 1. The van der Waals surface area contributed by atoms with E-state index in [-0.39, 0.29) is 0 Å². The fraction of sp³-hybridized carbons (Fsp3) is 0.931. The van der Waals surface area contributed by atoms with Gasteiger partial charge in [0.15, 0.2) is 18.9 Å². The van der Waals surface area contributed by atoms with E-state index in [0.717, 1.165) is 6.92 Å². The van der Waals surface area contributed by atoms with Crippen LogP contribution in [0.3, 0.4) is 0 Å². The largest absolute Gasteiger partial charge is 0.477 e. The van der Waals surface area contributed by atoms with Crippen molar-refractivity contribution < 1.29 is 119 Å². The molecule has 25 nitrogen and oxygen atoms in total. The standard InChI is InChI=1S/C29H49NO24/c1-7(34)30-13-8(35)2-29(28(46)47,53-23(13)14(37)9(36)3-31)54-24-16(39)10(4-32)50-27(21(24)44)52-22-11(5-33)51-26(20(43)18(22)41)48-6-12-15(38)17(40)19(42)25(45)49-12/h8-27,31-33,35-45H,2-6H2,1H3,(H,30,34)(H,46,47)/t8-,9+,10+,11+,12+,13+,14+,15-,16-,17-,18+,19+,20+,21+,22+,23+,24-,25?,26+,27-,29-/m0/s1. The number of aliphatic hydroxyl groups is 14. The van der Waals surface area contributed by atoms with Crippen molar-refractivity contribution in [3.63, 3.8) is 0 Å². The highest BCUT2D eigenvalue weighted by Gasteiger charge is 2.60. The topological polar surface area (TPSA) is 414 Å². The number of carboxylic acids is 1. The first-order valence-corrected chi connectivity index (χ1v) is 16.7. The molecule has 4 heterocycles. The summed E-state index contributed by atoms with van der Waals surface area (Å²) in [6, 6.07) is -1.59. The van der Waals surface area contributed by atoms with Gasteiger partial charge < -0.3 is 115 Å². The predicted octanol–water partition coefficient (Wildman–Crippen LogP) is -10.4. The molecule has 0 aliphatic carbocycles. The van der Waals surface area contributed by atoms with Gasteiger partial charge in [-0.1, -0.05) is 0 Å². The lowest BCUT2D eigenvalue weighted by molar-refractivity contribution is -0.387. The molecule has 0 bridgehead atoms. The minimum atomic E-state index is -3.09. The van der Waals surface area contributed by atoms with Gasteiger partial charge in [-0.05, 0) is 0 Å². The van der Waals surface area contributed by atoms with E-state index >= 15 is 0 Å². The number of hydrogen-bond acceptors (Lipinski definition) is 23. The minimum Gasteiger partial charge on any atom is -0.477 e. The second-order valence-corrected chi connectivity index (χ2v) is 13.3. The van der Waals surface area contributed by atoms with Crippen molar-refractivity contribution in [1.29, 1.82) is 0 Å². The number of ether oxygens (including phenoxy) is 7. The van der Waals surface area contributed by atoms with Crippen molar-refractivity contribution in [3.05, 3.63) is 0 Å². The van der Waals surface area contributed by atoms with Crippen LogP contribution >= 0.6 is 0 Å². The molecule has 314 valence electrons. The molecule has 4 saturated heterocycles. The zero-order valence-corrected chi connectivity index (χ0v) is 28.5. The Labute approximate surface area is 305 Å². The highest BCUT2D eigenvalue weighted by Crippen LogP contribution is 2.38. The van der Waals surface area contributed by atoms with E-state index in [4.69, 9.17) is 33.2 Å². The Morgan fingerprint density at radius 3 is 1.96 bits per heavy atom. The van der Waals surface area contributed by atoms with Crippen molar-refractivity contribution >= 4 is 11.9 Å². The van der Waals surface area contributed by atoms with Gasteiger partial charge in [-0.15, -0.1) is 0 Å². The maximum Gasteiger partial charge on any atom is 0.364 e. The van der Waals surface area contributed by atoms with Gasteiger partial charge in [0.05, 0.1) is 38.6 Å². The third-order valence-electron chi connectivity index (χ3n) is 9.56. The zero-order valence-electron chi connectivity index (χ0n) is 28.5. The number of hydrogen-bond donors (Lipinski definition) is 16. The van der Waals surface area contributed by atoms with Gasteiger partial charge >= 0.3 is 5.97 Å². The van der Waals surface area contributed by atoms with Gasteiger partial charge in [-0.2, -0.15) is 0 Å². The molecule has 4 aliphatic rings.